The largest absolute Gasteiger partial charge is 0.461 e. The number of benzene rings is 2. The predicted octanol–water partition coefficient (Wildman–Crippen LogP) is 5.09. The molecular formula is C28H32N4O3. The van der Waals surface area contributed by atoms with E-state index in [4.69, 9.17) is 4.74 Å². The van der Waals surface area contributed by atoms with Gasteiger partial charge in [-0.1, -0.05) is 48.6 Å². The molecule has 0 radical (unpaired) electrons. The van der Waals surface area contributed by atoms with Gasteiger partial charge in [0, 0.05) is 18.5 Å². The highest BCUT2D eigenvalue weighted by atomic mass is 16.5. The van der Waals surface area contributed by atoms with Crippen molar-refractivity contribution in [1.29, 1.82) is 0 Å². The number of esters is 1. The second-order valence-electron chi connectivity index (χ2n) is 9.33. The molecule has 2 aromatic carbocycles. The van der Waals surface area contributed by atoms with E-state index in [1.54, 1.807) is 16.5 Å². The lowest BCUT2D eigenvalue weighted by Gasteiger charge is -2.33. The molecule has 0 bridgehead atoms. The Morgan fingerprint density at radius 1 is 1.14 bits per heavy atom. The van der Waals surface area contributed by atoms with Crippen LogP contribution < -0.4 is 5.32 Å². The minimum absolute atomic E-state index is 0.191. The van der Waals surface area contributed by atoms with Crippen LogP contribution in [-0.2, 0) is 23.2 Å². The van der Waals surface area contributed by atoms with Gasteiger partial charge in [-0.25, -0.2) is 14.3 Å². The number of aromatic nitrogens is 2. The number of nitrogens with one attached hydrogen (secondary N) is 1. The fraction of sp³-hybridized carbons (Fsp3) is 0.321. The molecule has 3 aromatic rings. The number of carbonyl (C=O) groups excluding carboxylic acids is 2. The minimum atomic E-state index is -0.596. The van der Waals surface area contributed by atoms with Crippen molar-refractivity contribution in [3.05, 3.63) is 89.3 Å². The second-order valence-corrected chi connectivity index (χ2v) is 9.33. The second kappa shape index (κ2) is 9.78. The third-order valence-electron chi connectivity index (χ3n) is 6.31. The van der Waals surface area contributed by atoms with Gasteiger partial charge in [-0.15, -0.1) is 0 Å². The third kappa shape index (κ3) is 4.99. The van der Waals surface area contributed by atoms with Crippen molar-refractivity contribution in [2.45, 2.75) is 46.2 Å². The van der Waals surface area contributed by atoms with Gasteiger partial charge in [0.15, 0.2) is 5.69 Å². The van der Waals surface area contributed by atoms with Crippen LogP contribution in [0.2, 0.25) is 0 Å². The standard InChI is InChI=1S/C28H32N4O3/c1-6-35-26(33)25-23-18-31(16-15-24(23)32(30-25)22-13-8-7-9-14-22)27(34)29-28(4,5)21-12-10-11-20(17-21)19(2)3/h7-14,17H,2,6,15-16,18H2,1,3-5H3,(H,29,34). The molecule has 7 nitrogen and oxygen atoms in total. The Kier molecular flexibility index (Phi) is 6.78. The molecule has 1 aliphatic rings. The summed E-state index contributed by atoms with van der Waals surface area (Å²) in [5, 5.41) is 7.76. The number of fused-ring (bicyclic) bond motifs is 1. The van der Waals surface area contributed by atoms with E-state index in [-0.39, 0.29) is 24.9 Å². The number of amides is 2. The van der Waals surface area contributed by atoms with Gasteiger partial charge in [-0.05, 0) is 57.0 Å². The molecular weight excluding hydrogens is 440 g/mol. The van der Waals surface area contributed by atoms with Crippen LogP contribution in [0.5, 0.6) is 0 Å². The summed E-state index contributed by atoms with van der Waals surface area (Å²) in [5.74, 6) is -0.474. The van der Waals surface area contributed by atoms with Crippen LogP contribution in [0, 0.1) is 0 Å². The maximum Gasteiger partial charge on any atom is 0.359 e. The number of ether oxygens (including phenoxy) is 1. The number of allylic oxidation sites excluding steroid dienone is 1. The summed E-state index contributed by atoms with van der Waals surface area (Å²) >= 11 is 0. The summed E-state index contributed by atoms with van der Waals surface area (Å²) < 4.78 is 7.06. The van der Waals surface area contributed by atoms with E-state index in [1.807, 2.05) is 69.3 Å². The zero-order chi connectivity index (χ0) is 25.2. The van der Waals surface area contributed by atoms with Crippen LogP contribution in [0.3, 0.4) is 0 Å². The van der Waals surface area contributed by atoms with Crippen LogP contribution in [-0.4, -0.2) is 39.8 Å². The summed E-state index contributed by atoms with van der Waals surface area (Å²) in [6.45, 7) is 12.8. The van der Waals surface area contributed by atoms with Crippen LogP contribution in [0.25, 0.3) is 11.3 Å². The Morgan fingerprint density at radius 3 is 2.57 bits per heavy atom. The number of nitrogens with zero attached hydrogens (tertiary/aromatic N) is 3. The van der Waals surface area contributed by atoms with Gasteiger partial charge in [-0.3, -0.25) is 0 Å². The molecule has 2 heterocycles. The van der Waals surface area contributed by atoms with E-state index in [2.05, 4.69) is 23.1 Å². The summed E-state index contributed by atoms with van der Waals surface area (Å²) in [4.78, 5) is 27.8. The number of urea groups is 1. The average Bonchev–Trinajstić information content (AvgIpc) is 3.23. The molecule has 182 valence electrons. The lowest BCUT2D eigenvalue weighted by atomic mass is 9.91. The van der Waals surface area contributed by atoms with Gasteiger partial charge in [-0.2, -0.15) is 5.10 Å². The fourth-order valence-electron chi connectivity index (χ4n) is 4.33. The first kappa shape index (κ1) is 24.3. The topological polar surface area (TPSA) is 76.5 Å². The molecule has 0 unspecified atom stereocenters. The first-order valence-electron chi connectivity index (χ1n) is 11.9. The van der Waals surface area contributed by atoms with Crippen molar-refractivity contribution in [2.24, 2.45) is 0 Å². The van der Waals surface area contributed by atoms with Crippen molar-refractivity contribution in [3.8, 4) is 5.69 Å². The minimum Gasteiger partial charge on any atom is -0.461 e. The Morgan fingerprint density at radius 2 is 1.89 bits per heavy atom. The van der Waals surface area contributed by atoms with Gasteiger partial charge >= 0.3 is 12.0 Å². The van der Waals surface area contributed by atoms with Crippen molar-refractivity contribution in [1.82, 2.24) is 20.0 Å². The van der Waals surface area contributed by atoms with Crippen LogP contribution >= 0.6 is 0 Å². The molecule has 0 aliphatic carbocycles. The smallest absolute Gasteiger partial charge is 0.359 e. The van der Waals surface area contributed by atoms with E-state index in [0.717, 1.165) is 33.6 Å². The molecule has 0 saturated carbocycles. The first-order chi connectivity index (χ1) is 16.7. The molecule has 0 atom stereocenters. The lowest BCUT2D eigenvalue weighted by molar-refractivity contribution is 0.0516. The molecule has 1 aromatic heterocycles. The molecule has 1 N–H and O–H groups in total. The van der Waals surface area contributed by atoms with Crippen LogP contribution in [0.4, 0.5) is 4.79 Å². The van der Waals surface area contributed by atoms with Crippen molar-refractivity contribution in [2.75, 3.05) is 13.2 Å². The Labute approximate surface area is 206 Å². The van der Waals surface area contributed by atoms with Gasteiger partial charge in [0.1, 0.15) is 0 Å². The maximum absolute atomic E-state index is 13.4. The highest BCUT2D eigenvalue weighted by Gasteiger charge is 2.33. The van der Waals surface area contributed by atoms with Gasteiger partial charge in [0.25, 0.3) is 0 Å². The number of rotatable bonds is 6. The van der Waals surface area contributed by atoms with Gasteiger partial charge in [0.2, 0.25) is 0 Å². The normalized spacial score (nSPS) is 13.2. The first-order valence-corrected chi connectivity index (χ1v) is 11.9. The molecule has 0 saturated heterocycles. The van der Waals surface area contributed by atoms with Crippen molar-refractivity contribution in [3.63, 3.8) is 0 Å². The molecule has 2 amide bonds. The SMILES string of the molecule is C=C(C)c1cccc(C(C)(C)NC(=O)N2CCc3c(c(C(=O)OCC)nn3-c3ccccc3)C2)c1. The van der Waals surface area contributed by atoms with Crippen LogP contribution in [0.15, 0.2) is 61.2 Å². The Balaban J connectivity index is 1.60. The average molecular weight is 473 g/mol. The highest BCUT2D eigenvalue weighted by molar-refractivity contribution is 5.90. The summed E-state index contributed by atoms with van der Waals surface area (Å²) in [7, 11) is 0. The number of para-hydroxylation sites is 1. The Bertz CT molecular complexity index is 1260. The molecule has 1 aliphatic heterocycles. The molecule has 35 heavy (non-hydrogen) atoms. The molecule has 0 fully saturated rings. The molecule has 4 rings (SSSR count). The Hall–Kier alpha value is -3.87. The van der Waals surface area contributed by atoms with Crippen LogP contribution in [0.1, 0.15) is 60.6 Å². The van der Waals surface area contributed by atoms with E-state index < -0.39 is 11.5 Å². The number of hydrogen-bond donors (Lipinski definition) is 1. The van der Waals surface area contributed by atoms with E-state index in [1.165, 1.54) is 0 Å². The zero-order valence-electron chi connectivity index (χ0n) is 20.8. The molecule has 7 heteroatoms. The zero-order valence-corrected chi connectivity index (χ0v) is 20.8. The summed E-state index contributed by atoms with van der Waals surface area (Å²) in [6, 6.07) is 17.5. The monoisotopic (exact) mass is 472 g/mol. The van der Waals surface area contributed by atoms with Crippen molar-refractivity contribution < 1.29 is 14.3 Å². The fourth-order valence-corrected chi connectivity index (χ4v) is 4.33. The number of carbonyl (C=O) groups is 2. The molecule has 0 spiro atoms. The van der Waals surface area contributed by atoms with Crippen molar-refractivity contribution >= 4 is 17.6 Å². The van der Waals surface area contributed by atoms with E-state index in [0.29, 0.717) is 13.0 Å². The third-order valence-corrected chi connectivity index (χ3v) is 6.31. The quantitative estimate of drug-likeness (QED) is 0.507. The highest BCUT2D eigenvalue weighted by Crippen LogP contribution is 2.28. The number of hydrogen-bond acceptors (Lipinski definition) is 4. The summed E-state index contributed by atoms with van der Waals surface area (Å²) in [5.41, 5.74) is 5.20. The summed E-state index contributed by atoms with van der Waals surface area (Å²) in [6.07, 6.45) is 0.579. The van der Waals surface area contributed by atoms with E-state index >= 15 is 0 Å². The lowest BCUT2D eigenvalue weighted by Crippen LogP contribution is -2.49. The van der Waals surface area contributed by atoms with Gasteiger partial charge < -0.3 is 15.0 Å². The van der Waals surface area contributed by atoms with E-state index in [9.17, 15) is 9.59 Å². The van der Waals surface area contributed by atoms with Gasteiger partial charge in [0.05, 0.1) is 30.1 Å². The predicted molar refractivity (Wildman–Crippen MR) is 136 cm³/mol. The maximum atomic E-state index is 13.4.